The van der Waals surface area contributed by atoms with Crippen molar-refractivity contribution in [2.45, 2.75) is 32.0 Å². The number of hydrogen-bond acceptors (Lipinski definition) is 2. The van der Waals surface area contributed by atoms with Crippen LogP contribution in [0.5, 0.6) is 0 Å². The minimum absolute atomic E-state index is 0.161. The molecule has 0 amide bonds. The van der Waals surface area contributed by atoms with Gasteiger partial charge in [0.15, 0.2) is 17.9 Å². The highest BCUT2D eigenvalue weighted by Gasteiger charge is 2.25. The van der Waals surface area contributed by atoms with Crippen LogP contribution in [-0.2, 0) is 9.47 Å². The van der Waals surface area contributed by atoms with Crippen LogP contribution in [0.3, 0.4) is 0 Å². The second-order valence-electron chi connectivity index (χ2n) is 8.03. The predicted octanol–water partition coefficient (Wildman–Crippen LogP) is 7.17. The molecule has 0 radical (unpaired) electrons. The van der Waals surface area contributed by atoms with E-state index in [9.17, 15) is 13.2 Å². The largest absolute Gasteiger partial charge is 0.352 e. The van der Waals surface area contributed by atoms with E-state index in [1.54, 1.807) is 42.5 Å². The van der Waals surface area contributed by atoms with Crippen molar-refractivity contribution < 1.29 is 22.6 Å². The zero-order valence-corrected chi connectivity index (χ0v) is 17.9. The van der Waals surface area contributed by atoms with E-state index in [1.165, 1.54) is 13.0 Å². The van der Waals surface area contributed by atoms with Gasteiger partial charge >= 0.3 is 0 Å². The van der Waals surface area contributed by atoms with Crippen LogP contribution in [-0.4, -0.2) is 19.5 Å². The van der Waals surface area contributed by atoms with Gasteiger partial charge in [0.25, 0.3) is 0 Å². The Morgan fingerprint density at radius 1 is 0.875 bits per heavy atom. The van der Waals surface area contributed by atoms with Crippen LogP contribution in [0.4, 0.5) is 13.2 Å². The summed E-state index contributed by atoms with van der Waals surface area (Å²) in [6.07, 6.45) is 3.10. The molecule has 2 nitrogen and oxygen atoms in total. The molecular weight excluding hydrogens is 413 g/mol. The van der Waals surface area contributed by atoms with Crippen molar-refractivity contribution in [2.24, 2.45) is 0 Å². The van der Waals surface area contributed by atoms with Crippen LogP contribution < -0.4 is 0 Å². The van der Waals surface area contributed by atoms with Crippen LogP contribution in [0, 0.1) is 24.4 Å². The van der Waals surface area contributed by atoms with Gasteiger partial charge < -0.3 is 9.47 Å². The molecule has 4 rings (SSSR count). The van der Waals surface area contributed by atoms with E-state index in [4.69, 9.17) is 9.47 Å². The van der Waals surface area contributed by atoms with E-state index in [0.717, 1.165) is 18.4 Å². The third-order valence-electron chi connectivity index (χ3n) is 5.82. The van der Waals surface area contributed by atoms with E-state index in [0.29, 0.717) is 29.9 Å². The minimum Gasteiger partial charge on any atom is -0.352 e. The Hall–Kier alpha value is -2.89. The molecule has 0 atom stereocenters. The molecule has 0 aliphatic carbocycles. The first-order chi connectivity index (χ1) is 15.5. The van der Waals surface area contributed by atoms with Crippen LogP contribution in [0.15, 0.2) is 67.3 Å². The predicted molar refractivity (Wildman–Crippen MR) is 120 cm³/mol. The van der Waals surface area contributed by atoms with Gasteiger partial charge in [0, 0.05) is 17.9 Å². The average molecular weight is 438 g/mol. The van der Waals surface area contributed by atoms with Crippen molar-refractivity contribution in [3.05, 3.63) is 95.8 Å². The molecular formula is C27H25F3O2. The van der Waals surface area contributed by atoms with Gasteiger partial charge in [0.1, 0.15) is 5.82 Å². The van der Waals surface area contributed by atoms with Gasteiger partial charge in [-0.1, -0.05) is 54.6 Å². The summed E-state index contributed by atoms with van der Waals surface area (Å²) < 4.78 is 54.5. The van der Waals surface area contributed by atoms with E-state index in [-0.39, 0.29) is 29.2 Å². The monoisotopic (exact) mass is 438 g/mol. The third-order valence-corrected chi connectivity index (χ3v) is 5.82. The Morgan fingerprint density at radius 2 is 1.53 bits per heavy atom. The maximum Gasteiger partial charge on any atom is 0.166 e. The molecule has 1 aliphatic heterocycles. The summed E-state index contributed by atoms with van der Waals surface area (Å²) in [6.45, 7) is 6.03. The fraction of sp³-hybridized carbons (Fsp3) is 0.259. The van der Waals surface area contributed by atoms with Crippen LogP contribution >= 0.6 is 0 Å². The molecule has 0 bridgehead atoms. The Kier molecular flexibility index (Phi) is 6.77. The first-order valence-corrected chi connectivity index (χ1v) is 10.7. The highest BCUT2D eigenvalue weighted by atomic mass is 19.2. The molecule has 0 spiro atoms. The second kappa shape index (κ2) is 9.72. The summed E-state index contributed by atoms with van der Waals surface area (Å²) in [7, 11) is 0. The van der Waals surface area contributed by atoms with Gasteiger partial charge in [0.05, 0.1) is 13.2 Å². The summed E-state index contributed by atoms with van der Waals surface area (Å²) >= 11 is 0. The van der Waals surface area contributed by atoms with Crippen molar-refractivity contribution in [2.75, 3.05) is 13.2 Å². The van der Waals surface area contributed by atoms with Gasteiger partial charge in [-0.3, -0.25) is 0 Å². The van der Waals surface area contributed by atoms with Crippen molar-refractivity contribution >= 4 is 0 Å². The summed E-state index contributed by atoms with van der Waals surface area (Å²) in [4.78, 5) is 0. The van der Waals surface area contributed by atoms with E-state index < -0.39 is 11.6 Å². The molecule has 0 saturated carbocycles. The van der Waals surface area contributed by atoms with Gasteiger partial charge in [-0.15, -0.1) is 6.58 Å². The first kappa shape index (κ1) is 22.3. The highest BCUT2D eigenvalue weighted by Crippen LogP contribution is 2.31. The van der Waals surface area contributed by atoms with Crippen molar-refractivity contribution in [3.63, 3.8) is 0 Å². The average Bonchev–Trinajstić information content (AvgIpc) is 2.82. The van der Waals surface area contributed by atoms with Gasteiger partial charge in [0.2, 0.25) is 0 Å². The maximum absolute atomic E-state index is 14.9. The SMILES string of the molecule is C=CCCC1OCC(c2ccc(-c3ccc(-c4ccc(C)c(F)c4F)cc3)cc2F)CO1. The summed E-state index contributed by atoms with van der Waals surface area (Å²) in [6, 6.07) is 15.2. The molecule has 1 aliphatic rings. The Labute approximate surface area is 186 Å². The van der Waals surface area contributed by atoms with Crippen LogP contribution in [0.2, 0.25) is 0 Å². The number of rotatable bonds is 6. The van der Waals surface area contributed by atoms with Crippen molar-refractivity contribution in [1.29, 1.82) is 0 Å². The van der Waals surface area contributed by atoms with Gasteiger partial charge in [-0.25, -0.2) is 13.2 Å². The standard InChI is InChI=1S/C27H25F3O2/c1-3-4-5-25-31-15-21(16-32-25)22-13-11-20(14-24(22)28)18-7-9-19(10-8-18)23-12-6-17(2)26(29)27(23)30/h3,6-14,21,25H,1,4-5,15-16H2,2H3. The number of aryl methyl sites for hydroxylation is 1. The Morgan fingerprint density at radius 3 is 2.19 bits per heavy atom. The van der Waals surface area contributed by atoms with Gasteiger partial charge in [-0.2, -0.15) is 0 Å². The summed E-state index contributed by atoms with van der Waals surface area (Å²) in [5.74, 6) is -2.19. The molecule has 0 aromatic heterocycles. The maximum atomic E-state index is 14.9. The number of halogens is 3. The number of hydrogen-bond donors (Lipinski definition) is 0. The number of ether oxygens (including phenoxy) is 2. The summed E-state index contributed by atoms with van der Waals surface area (Å²) in [5, 5.41) is 0. The topological polar surface area (TPSA) is 18.5 Å². The molecule has 166 valence electrons. The molecule has 0 unspecified atom stereocenters. The lowest BCUT2D eigenvalue weighted by atomic mass is 9.95. The lowest BCUT2D eigenvalue weighted by Crippen LogP contribution is -2.31. The van der Waals surface area contributed by atoms with Crippen LogP contribution in [0.1, 0.15) is 29.9 Å². The highest BCUT2D eigenvalue weighted by molar-refractivity contribution is 5.71. The van der Waals surface area contributed by atoms with E-state index >= 15 is 0 Å². The Balaban J connectivity index is 1.49. The Bertz CT molecular complexity index is 1100. The number of benzene rings is 3. The minimum atomic E-state index is -0.864. The molecule has 3 aromatic carbocycles. The molecule has 1 heterocycles. The molecule has 3 aromatic rings. The molecule has 32 heavy (non-hydrogen) atoms. The zero-order valence-electron chi connectivity index (χ0n) is 17.9. The fourth-order valence-electron chi connectivity index (χ4n) is 3.89. The molecule has 0 N–H and O–H groups in total. The summed E-state index contributed by atoms with van der Waals surface area (Å²) in [5.41, 5.74) is 3.07. The number of allylic oxidation sites excluding steroid dienone is 1. The van der Waals surface area contributed by atoms with E-state index in [2.05, 4.69) is 6.58 Å². The lowest BCUT2D eigenvalue weighted by Gasteiger charge is -2.29. The van der Waals surface area contributed by atoms with Crippen molar-refractivity contribution in [3.8, 4) is 22.3 Å². The van der Waals surface area contributed by atoms with Crippen molar-refractivity contribution in [1.82, 2.24) is 0 Å². The smallest absolute Gasteiger partial charge is 0.166 e. The first-order valence-electron chi connectivity index (χ1n) is 10.7. The normalized spacial score (nSPS) is 18.5. The molecule has 1 saturated heterocycles. The molecule has 5 heteroatoms. The van der Waals surface area contributed by atoms with Gasteiger partial charge in [-0.05, 0) is 47.2 Å². The second-order valence-corrected chi connectivity index (χ2v) is 8.03. The van der Waals surface area contributed by atoms with E-state index in [1.807, 2.05) is 12.1 Å². The third kappa shape index (κ3) is 4.64. The lowest BCUT2D eigenvalue weighted by molar-refractivity contribution is -0.189. The van der Waals surface area contributed by atoms with Crippen LogP contribution in [0.25, 0.3) is 22.3 Å². The zero-order chi connectivity index (χ0) is 22.7. The fourth-order valence-corrected chi connectivity index (χ4v) is 3.89. The quantitative estimate of drug-likeness (QED) is 0.380. The molecule has 1 fully saturated rings.